The van der Waals surface area contributed by atoms with Crippen LogP contribution in [0, 0.1) is 0 Å². The van der Waals surface area contributed by atoms with Crippen molar-refractivity contribution >= 4 is 35.8 Å². The van der Waals surface area contributed by atoms with Crippen LogP contribution in [-0.2, 0) is 0 Å². The Morgan fingerprint density at radius 1 is 0.938 bits per heavy atom. The largest absolute Gasteiger partial charge is 0.506 e. The number of rotatable bonds is 1. The Hall–Kier alpha value is -0.830. The molecule has 0 unspecified atom stereocenters. The third kappa shape index (κ3) is 2.01. The van der Waals surface area contributed by atoms with Gasteiger partial charge < -0.3 is 5.11 Å². The van der Waals surface area contributed by atoms with Crippen LogP contribution in [0.3, 0.4) is 0 Å². The van der Waals surface area contributed by atoms with Gasteiger partial charge in [0.1, 0.15) is 5.75 Å². The summed E-state index contributed by atoms with van der Waals surface area (Å²) in [6.45, 7) is 0. The molecule has 0 aromatic heterocycles. The predicted molar refractivity (Wildman–Crippen MR) is 70.8 cm³/mol. The van der Waals surface area contributed by atoms with Gasteiger partial charge in [0.15, 0.2) is 0 Å². The van der Waals surface area contributed by atoms with E-state index >= 15 is 0 Å². The molecule has 0 saturated carbocycles. The zero-order chi connectivity index (χ0) is 11.7. The monoisotopic (exact) mass is 270 g/mol. The van der Waals surface area contributed by atoms with Gasteiger partial charge in [-0.05, 0) is 12.1 Å². The molecule has 1 nitrogen and oxygen atoms in total. The minimum absolute atomic E-state index is 0.106. The van der Waals surface area contributed by atoms with E-state index < -0.39 is 0 Å². The summed E-state index contributed by atoms with van der Waals surface area (Å²) in [7, 11) is 0. The van der Waals surface area contributed by atoms with E-state index in [-0.39, 0.29) is 5.75 Å². The fourth-order valence-electron chi connectivity index (χ4n) is 1.46. The van der Waals surface area contributed by atoms with Gasteiger partial charge >= 0.3 is 0 Å². The maximum atomic E-state index is 9.89. The van der Waals surface area contributed by atoms with Crippen molar-refractivity contribution in [2.24, 2.45) is 0 Å². The summed E-state index contributed by atoms with van der Waals surface area (Å²) >= 11 is 16.2. The molecule has 0 heterocycles. The molecule has 0 saturated heterocycles. The van der Waals surface area contributed by atoms with Crippen molar-refractivity contribution in [1.82, 2.24) is 0 Å². The van der Waals surface area contributed by atoms with Gasteiger partial charge in [-0.3, -0.25) is 0 Å². The fraction of sp³-hybridized carbons (Fsp3) is 0. The normalized spacial score (nSPS) is 10.4. The van der Waals surface area contributed by atoms with Crippen molar-refractivity contribution in [2.75, 3.05) is 0 Å². The smallest absolute Gasteiger partial charge is 0.136 e. The number of hydrogen-bond donors (Lipinski definition) is 2. The molecule has 16 heavy (non-hydrogen) atoms. The third-order valence-corrected chi connectivity index (χ3v) is 3.44. The van der Waals surface area contributed by atoms with Gasteiger partial charge in [0.25, 0.3) is 0 Å². The molecular weight excluding hydrogens is 263 g/mol. The van der Waals surface area contributed by atoms with E-state index in [1.807, 2.05) is 0 Å². The van der Waals surface area contributed by atoms with E-state index in [1.54, 1.807) is 36.4 Å². The number of phenolic OH excluding ortho intramolecular Hbond substituents is 1. The Balaban J connectivity index is 2.68. The lowest BCUT2D eigenvalue weighted by Crippen LogP contribution is -1.82. The summed E-state index contributed by atoms with van der Waals surface area (Å²) in [5.41, 5.74) is 1.32. The highest BCUT2D eigenvalue weighted by Gasteiger charge is 2.11. The lowest BCUT2D eigenvalue weighted by Gasteiger charge is -2.09. The lowest BCUT2D eigenvalue weighted by atomic mass is 10.0. The molecule has 0 aliphatic rings. The van der Waals surface area contributed by atoms with Crippen LogP contribution in [0.15, 0.2) is 41.3 Å². The molecule has 2 aromatic rings. The van der Waals surface area contributed by atoms with Crippen LogP contribution in [0.4, 0.5) is 0 Å². The van der Waals surface area contributed by atoms with Crippen molar-refractivity contribution < 1.29 is 5.11 Å². The second-order valence-electron chi connectivity index (χ2n) is 3.27. The summed E-state index contributed by atoms with van der Waals surface area (Å²) in [5.74, 6) is 0.106. The van der Waals surface area contributed by atoms with E-state index in [4.69, 9.17) is 23.2 Å². The van der Waals surface area contributed by atoms with Crippen molar-refractivity contribution in [1.29, 1.82) is 0 Å². The third-order valence-electron chi connectivity index (χ3n) is 2.26. The molecular formula is C12H8Cl2OS. The number of thiol groups is 1. The minimum Gasteiger partial charge on any atom is -0.506 e. The molecule has 82 valence electrons. The number of hydrogen-bond acceptors (Lipinski definition) is 2. The van der Waals surface area contributed by atoms with Crippen molar-refractivity contribution in [3.8, 4) is 16.9 Å². The summed E-state index contributed by atoms with van der Waals surface area (Å²) in [4.78, 5) is 0.508. The summed E-state index contributed by atoms with van der Waals surface area (Å²) in [6, 6.07) is 10.6. The molecule has 1 N–H and O–H groups in total. The first-order valence-corrected chi connectivity index (χ1v) is 5.77. The Morgan fingerprint density at radius 2 is 1.56 bits per heavy atom. The maximum absolute atomic E-state index is 9.89. The quantitative estimate of drug-likeness (QED) is 0.723. The van der Waals surface area contributed by atoms with E-state index in [0.29, 0.717) is 26.1 Å². The topological polar surface area (TPSA) is 20.2 Å². The maximum Gasteiger partial charge on any atom is 0.136 e. The lowest BCUT2D eigenvalue weighted by molar-refractivity contribution is 0.465. The van der Waals surface area contributed by atoms with Crippen LogP contribution in [0.1, 0.15) is 0 Å². The van der Waals surface area contributed by atoms with Crippen LogP contribution in [0.25, 0.3) is 11.1 Å². The standard InChI is InChI=1S/C12H8Cl2OS/c13-9-5-1-3-7(11(9)14)8-4-2-6-10(16)12(8)15/h1-6,15-16H. The van der Waals surface area contributed by atoms with Gasteiger partial charge in [-0.25, -0.2) is 0 Å². The molecule has 2 aromatic carbocycles. The van der Waals surface area contributed by atoms with Gasteiger partial charge in [-0.1, -0.05) is 47.5 Å². The van der Waals surface area contributed by atoms with Gasteiger partial charge in [0.05, 0.1) is 10.0 Å². The average molecular weight is 271 g/mol. The van der Waals surface area contributed by atoms with E-state index in [1.165, 1.54) is 0 Å². The number of benzene rings is 2. The Morgan fingerprint density at radius 3 is 2.31 bits per heavy atom. The van der Waals surface area contributed by atoms with E-state index in [9.17, 15) is 5.11 Å². The first-order valence-electron chi connectivity index (χ1n) is 4.56. The molecule has 0 amide bonds. The van der Waals surface area contributed by atoms with Gasteiger partial charge in [-0.2, -0.15) is 0 Å². The van der Waals surface area contributed by atoms with Crippen LogP contribution in [0.2, 0.25) is 10.0 Å². The second kappa shape index (κ2) is 4.58. The molecule has 0 spiro atoms. The average Bonchev–Trinajstić information content (AvgIpc) is 2.27. The van der Waals surface area contributed by atoms with Crippen molar-refractivity contribution in [3.05, 3.63) is 46.4 Å². The zero-order valence-electron chi connectivity index (χ0n) is 8.11. The highest BCUT2D eigenvalue weighted by molar-refractivity contribution is 7.80. The molecule has 0 aliphatic carbocycles. The van der Waals surface area contributed by atoms with Crippen molar-refractivity contribution in [2.45, 2.75) is 4.90 Å². The molecule has 0 radical (unpaired) electrons. The van der Waals surface area contributed by atoms with Gasteiger partial charge in [0.2, 0.25) is 0 Å². The second-order valence-corrected chi connectivity index (χ2v) is 4.54. The number of phenols is 1. The molecule has 0 atom stereocenters. The Bertz CT molecular complexity index is 491. The summed E-state index contributed by atoms with van der Waals surface area (Å²) in [6.07, 6.45) is 0. The highest BCUT2D eigenvalue weighted by atomic mass is 35.5. The van der Waals surface area contributed by atoms with Crippen LogP contribution >= 0.6 is 35.8 Å². The highest BCUT2D eigenvalue weighted by Crippen LogP contribution is 2.39. The van der Waals surface area contributed by atoms with Gasteiger partial charge in [0, 0.05) is 16.0 Å². The Labute approximate surface area is 109 Å². The summed E-state index contributed by atoms with van der Waals surface area (Å²) in [5, 5.41) is 10.8. The molecule has 0 bridgehead atoms. The summed E-state index contributed by atoms with van der Waals surface area (Å²) < 4.78 is 0. The molecule has 2 rings (SSSR count). The Kier molecular flexibility index (Phi) is 3.33. The van der Waals surface area contributed by atoms with Crippen LogP contribution in [0.5, 0.6) is 5.75 Å². The molecule has 0 fully saturated rings. The fourth-order valence-corrected chi connectivity index (χ4v) is 2.07. The molecule has 4 heteroatoms. The molecule has 0 aliphatic heterocycles. The first kappa shape index (κ1) is 11.6. The van der Waals surface area contributed by atoms with Crippen molar-refractivity contribution in [3.63, 3.8) is 0 Å². The number of para-hydroxylation sites is 1. The van der Waals surface area contributed by atoms with E-state index in [0.717, 1.165) is 0 Å². The first-order chi connectivity index (χ1) is 7.61. The zero-order valence-corrected chi connectivity index (χ0v) is 10.5. The number of aromatic hydroxyl groups is 1. The van der Waals surface area contributed by atoms with E-state index in [2.05, 4.69) is 12.6 Å². The number of halogens is 2. The van der Waals surface area contributed by atoms with Gasteiger partial charge in [-0.15, -0.1) is 12.6 Å². The van der Waals surface area contributed by atoms with Crippen LogP contribution < -0.4 is 0 Å². The SMILES string of the molecule is Oc1c(S)cccc1-c1cccc(Cl)c1Cl. The minimum atomic E-state index is 0.106. The predicted octanol–water partition coefficient (Wildman–Crippen LogP) is 4.65. The van der Waals surface area contributed by atoms with Crippen LogP contribution in [-0.4, -0.2) is 5.11 Å².